The average Bonchev–Trinajstić information content (AvgIpc) is 2.52. The Morgan fingerprint density at radius 2 is 1.96 bits per heavy atom. The van der Waals surface area contributed by atoms with Crippen LogP contribution in [0.1, 0.15) is 38.8 Å². The fourth-order valence-electron chi connectivity index (χ4n) is 2.31. The zero-order chi connectivity index (χ0) is 20.6. The van der Waals surface area contributed by atoms with E-state index < -0.39 is 36.6 Å². The molecule has 0 spiro atoms. The van der Waals surface area contributed by atoms with Gasteiger partial charge < -0.3 is 24.8 Å². The van der Waals surface area contributed by atoms with Crippen molar-refractivity contribution in [3.63, 3.8) is 0 Å². The molecule has 27 heavy (non-hydrogen) atoms. The van der Waals surface area contributed by atoms with Crippen LogP contribution < -0.4 is 5.32 Å². The number of alkyl carbamates (subject to hydrolysis) is 1. The van der Waals surface area contributed by atoms with Crippen molar-refractivity contribution in [2.75, 3.05) is 6.61 Å². The van der Waals surface area contributed by atoms with Gasteiger partial charge in [-0.05, 0) is 57.6 Å². The minimum atomic E-state index is -1.46. The van der Waals surface area contributed by atoms with Crippen LogP contribution in [0.25, 0.3) is 0 Å². The molecule has 0 bridgehead atoms. The van der Waals surface area contributed by atoms with Crippen molar-refractivity contribution in [1.82, 2.24) is 5.32 Å². The molecule has 0 fully saturated rings. The van der Waals surface area contributed by atoms with Crippen molar-refractivity contribution < 1.29 is 33.5 Å². The molecule has 0 saturated heterocycles. The lowest BCUT2D eigenvalue weighted by atomic mass is 9.82. The standard InChI is InChI=1S/C18H27BFNO6/c1-5-26-16(22)15(21-17(23)27-18(2,3)4)11-13-7-6-12(10-14(13)20)8-9-19(24)25/h6-7,10,15,24-25H,5,8-9,11H2,1-4H3,(H,21,23)/t15-/m0/s1. The highest BCUT2D eigenvalue weighted by Crippen LogP contribution is 2.16. The van der Waals surface area contributed by atoms with E-state index in [1.54, 1.807) is 33.8 Å². The molecule has 9 heteroatoms. The molecule has 0 heterocycles. The van der Waals surface area contributed by atoms with E-state index in [0.717, 1.165) is 0 Å². The van der Waals surface area contributed by atoms with Crippen LogP contribution in [0.4, 0.5) is 9.18 Å². The zero-order valence-electron chi connectivity index (χ0n) is 16.1. The largest absolute Gasteiger partial charge is 0.464 e. The van der Waals surface area contributed by atoms with E-state index in [1.165, 1.54) is 12.1 Å². The molecule has 1 aromatic rings. The van der Waals surface area contributed by atoms with Gasteiger partial charge in [0.15, 0.2) is 0 Å². The highest BCUT2D eigenvalue weighted by atomic mass is 19.1. The minimum absolute atomic E-state index is 0.0877. The highest BCUT2D eigenvalue weighted by Gasteiger charge is 2.26. The van der Waals surface area contributed by atoms with E-state index in [9.17, 15) is 14.0 Å². The molecule has 0 unspecified atom stereocenters. The molecule has 0 saturated carbocycles. The lowest BCUT2D eigenvalue weighted by molar-refractivity contribution is -0.145. The molecule has 150 valence electrons. The molecule has 0 radical (unpaired) electrons. The van der Waals surface area contributed by atoms with Gasteiger partial charge in [-0.3, -0.25) is 0 Å². The normalized spacial score (nSPS) is 12.3. The fourth-order valence-corrected chi connectivity index (χ4v) is 2.31. The summed E-state index contributed by atoms with van der Waals surface area (Å²) in [5.74, 6) is -1.24. The number of amides is 1. The average molecular weight is 383 g/mol. The lowest BCUT2D eigenvalue weighted by Crippen LogP contribution is -2.45. The summed E-state index contributed by atoms with van der Waals surface area (Å²) in [6.07, 6.45) is -0.515. The Balaban J connectivity index is 2.88. The predicted octanol–water partition coefficient (Wildman–Crippen LogP) is 1.84. The summed E-state index contributed by atoms with van der Waals surface area (Å²) in [7, 11) is -1.46. The van der Waals surface area contributed by atoms with Crippen molar-refractivity contribution >= 4 is 19.2 Å². The quantitative estimate of drug-likeness (QED) is 0.467. The van der Waals surface area contributed by atoms with E-state index in [0.29, 0.717) is 12.0 Å². The molecular formula is C18H27BFNO6. The number of carbonyl (C=O) groups excluding carboxylic acids is 2. The van der Waals surface area contributed by atoms with Gasteiger partial charge in [0, 0.05) is 6.42 Å². The molecule has 1 rings (SSSR count). The summed E-state index contributed by atoms with van der Waals surface area (Å²) in [5, 5.41) is 20.2. The Morgan fingerprint density at radius 3 is 2.48 bits per heavy atom. The van der Waals surface area contributed by atoms with Crippen LogP contribution in [0.3, 0.4) is 0 Å². The predicted molar refractivity (Wildman–Crippen MR) is 98.6 cm³/mol. The Hall–Kier alpha value is -2.13. The first-order chi connectivity index (χ1) is 12.5. The van der Waals surface area contributed by atoms with Crippen LogP contribution in [-0.2, 0) is 27.1 Å². The van der Waals surface area contributed by atoms with Crippen LogP contribution in [0, 0.1) is 5.82 Å². The molecule has 0 aliphatic carbocycles. The first kappa shape index (κ1) is 22.9. The molecule has 3 N–H and O–H groups in total. The van der Waals surface area contributed by atoms with E-state index in [-0.39, 0.29) is 24.9 Å². The van der Waals surface area contributed by atoms with E-state index in [1.807, 2.05) is 0 Å². The maximum atomic E-state index is 14.4. The molecule has 1 aromatic carbocycles. The number of carbonyl (C=O) groups is 2. The number of aryl methyl sites for hydroxylation is 1. The van der Waals surface area contributed by atoms with E-state index in [4.69, 9.17) is 19.5 Å². The highest BCUT2D eigenvalue weighted by molar-refractivity contribution is 6.40. The molecule has 0 aliphatic rings. The van der Waals surface area contributed by atoms with Gasteiger partial charge in [-0.15, -0.1) is 0 Å². The van der Waals surface area contributed by atoms with Crippen molar-refractivity contribution in [3.05, 3.63) is 35.1 Å². The van der Waals surface area contributed by atoms with Crippen LogP contribution in [0.5, 0.6) is 0 Å². The smallest absolute Gasteiger partial charge is 0.451 e. The first-order valence-electron chi connectivity index (χ1n) is 8.81. The second-order valence-electron chi connectivity index (χ2n) is 7.10. The summed E-state index contributed by atoms with van der Waals surface area (Å²) < 4.78 is 24.5. The number of hydrogen-bond donors (Lipinski definition) is 3. The second kappa shape index (κ2) is 10.3. The topological polar surface area (TPSA) is 105 Å². The number of rotatable bonds is 8. The van der Waals surface area contributed by atoms with Crippen molar-refractivity contribution in [1.29, 1.82) is 0 Å². The zero-order valence-corrected chi connectivity index (χ0v) is 16.1. The summed E-state index contributed by atoms with van der Waals surface area (Å²) in [6, 6.07) is 3.31. The van der Waals surface area contributed by atoms with Crippen LogP contribution in [0.15, 0.2) is 18.2 Å². The van der Waals surface area contributed by atoms with Gasteiger partial charge in [0.25, 0.3) is 0 Å². The second-order valence-corrected chi connectivity index (χ2v) is 7.10. The van der Waals surface area contributed by atoms with Gasteiger partial charge in [0.1, 0.15) is 17.5 Å². The van der Waals surface area contributed by atoms with Gasteiger partial charge >= 0.3 is 19.2 Å². The van der Waals surface area contributed by atoms with Gasteiger partial charge in [-0.1, -0.05) is 12.1 Å². The number of ether oxygens (including phenoxy) is 2. The molecule has 1 amide bonds. The number of hydrogen-bond acceptors (Lipinski definition) is 6. The number of halogens is 1. The van der Waals surface area contributed by atoms with Gasteiger partial charge in [-0.25, -0.2) is 14.0 Å². The third-order valence-corrected chi connectivity index (χ3v) is 3.49. The number of benzene rings is 1. The molecule has 7 nitrogen and oxygen atoms in total. The molecule has 0 aliphatic heterocycles. The Labute approximate surface area is 159 Å². The summed E-state index contributed by atoms with van der Waals surface area (Å²) in [4.78, 5) is 24.1. The SMILES string of the molecule is CCOC(=O)[C@H](Cc1ccc(CCB(O)O)cc1F)NC(=O)OC(C)(C)C. The van der Waals surface area contributed by atoms with Gasteiger partial charge in [-0.2, -0.15) is 0 Å². The minimum Gasteiger partial charge on any atom is -0.464 e. The Morgan fingerprint density at radius 1 is 1.30 bits per heavy atom. The van der Waals surface area contributed by atoms with E-state index in [2.05, 4.69) is 5.32 Å². The molecule has 1 atom stereocenters. The van der Waals surface area contributed by atoms with Crippen molar-refractivity contribution in [2.45, 2.75) is 58.5 Å². The number of esters is 1. The molecular weight excluding hydrogens is 356 g/mol. The van der Waals surface area contributed by atoms with Crippen LogP contribution in [-0.4, -0.2) is 47.5 Å². The Kier molecular flexibility index (Phi) is 8.72. The summed E-state index contributed by atoms with van der Waals surface area (Å²) in [5.41, 5.74) is 0.0718. The van der Waals surface area contributed by atoms with Gasteiger partial charge in [0.2, 0.25) is 0 Å². The van der Waals surface area contributed by atoms with Crippen LogP contribution >= 0.6 is 0 Å². The maximum Gasteiger partial charge on any atom is 0.451 e. The monoisotopic (exact) mass is 383 g/mol. The van der Waals surface area contributed by atoms with E-state index >= 15 is 0 Å². The van der Waals surface area contributed by atoms with Gasteiger partial charge in [0.05, 0.1) is 6.61 Å². The third kappa shape index (κ3) is 8.88. The van der Waals surface area contributed by atoms with Crippen LogP contribution in [0.2, 0.25) is 6.32 Å². The molecule has 0 aromatic heterocycles. The summed E-state index contributed by atoms with van der Waals surface area (Å²) >= 11 is 0. The third-order valence-electron chi connectivity index (χ3n) is 3.49. The first-order valence-corrected chi connectivity index (χ1v) is 8.81. The maximum absolute atomic E-state index is 14.4. The fraction of sp³-hybridized carbons (Fsp3) is 0.556. The van der Waals surface area contributed by atoms with Crippen molar-refractivity contribution in [2.24, 2.45) is 0 Å². The summed E-state index contributed by atoms with van der Waals surface area (Å²) in [6.45, 7) is 6.82. The number of nitrogens with one attached hydrogen (secondary N) is 1. The lowest BCUT2D eigenvalue weighted by Gasteiger charge is -2.23. The Bertz CT molecular complexity index is 647. The van der Waals surface area contributed by atoms with Crippen molar-refractivity contribution in [3.8, 4) is 0 Å².